The summed E-state index contributed by atoms with van der Waals surface area (Å²) in [6.45, 7) is 12.9. The smallest absolute Gasteiger partial charge is 0.135 e. The fourth-order valence-electron chi connectivity index (χ4n) is 1.35. The number of hydrogen-bond donors (Lipinski definition) is 0. The average molecular weight is 304 g/mol. The first kappa shape index (κ1) is 12.3. The first-order chi connectivity index (χ1) is 10.3. The standard InChI is InChI=1S/C17H24OSi2/c1-18-17-10-8-9-15(11-13-19(2,3)4)16(17)12-14-20(5,6)7/h8-10H,1-7H3/i1D3. The Labute approximate surface area is 130 Å². The summed E-state index contributed by atoms with van der Waals surface area (Å²) < 4.78 is 27.1. The Morgan fingerprint density at radius 2 is 1.55 bits per heavy atom. The van der Waals surface area contributed by atoms with E-state index in [1.165, 1.54) is 0 Å². The van der Waals surface area contributed by atoms with E-state index in [1.807, 2.05) is 6.07 Å². The third kappa shape index (κ3) is 5.69. The van der Waals surface area contributed by atoms with E-state index in [9.17, 15) is 0 Å². The van der Waals surface area contributed by atoms with E-state index in [4.69, 9.17) is 8.85 Å². The van der Waals surface area contributed by atoms with Gasteiger partial charge in [0, 0.05) is 5.56 Å². The summed E-state index contributed by atoms with van der Waals surface area (Å²) >= 11 is 0. The molecule has 1 rings (SSSR count). The third-order valence-corrected chi connectivity index (χ3v) is 4.02. The molecule has 0 fully saturated rings. The second-order valence-electron chi connectivity index (χ2n) is 6.78. The van der Waals surface area contributed by atoms with Gasteiger partial charge in [0.2, 0.25) is 0 Å². The van der Waals surface area contributed by atoms with Crippen LogP contribution in [0.25, 0.3) is 0 Å². The van der Waals surface area contributed by atoms with Crippen LogP contribution in [0.15, 0.2) is 18.2 Å². The minimum absolute atomic E-state index is 0.276. The van der Waals surface area contributed by atoms with Crippen molar-refractivity contribution in [1.29, 1.82) is 0 Å². The van der Waals surface area contributed by atoms with E-state index < -0.39 is 23.2 Å². The van der Waals surface area contributed by atoms with Crippen molar-refractivity contribution in [3.63, 3.8) is 0 Å². The second kappa shape index (κ2) is 6.35. The highest BCUT2D eigenvalue weighted by molar-refractivity contribution is 6.84. The van der Waals surface area contributed by atoms with Gasteiger partial charge in [-0.05, 0) is 12.1 Å². The molecule has 0 aliphatic heterocycles. The van der Waals surface area contributed by atoms with Gasteiger partial charge >= 0.3 is 0 Å². The molecule has 0 spiro atoms. The molecule has 0 heterocycles. The van der Waals surface area contributed by atoms with Crippen molar-refractivity contribution in [2.24, 2.45) is 0 Å². The SMILES string of the molecule is [2H]C([2H])([2H])Oc1cccc(C#C[Si](C)(C)C)c1C#C[Si](C)(C)C. The average Bonchev–Trinajstić information content (AvgIpc) is 2.31. The molecule has 0 bridgehead atoms. The summed E-state index contributed by atoms with van der Waals surface area (Å²) in [6.07, 6.45) is 0. The molecule has 0 N–H and O–H groups in total. The molecule has 0 saturated carbocycles. The first-order valence-electron chi connectivity index (χ1n) is 8.15. The lowest BCUT2D eigenvalue weighted by Gasteiger charge is -2.08. The minimum Gasteiger partial charge on any atom is -0.495 e. The highest BCUT2D eigenvalue weighted by Gasteiger charge is 2.11. The van der Waals surface area contributed by atoms with Crippen LogP contribution in [0.2, 0.25) is 39.3 Å². The van der Waals surface area contributed by atoms with Crippen LogP contribution >= 0.6 is 0 Å². The van der Waals surface area contributed by atoms with Crippen molar-refractivity contribution in [1.82, 2.24) is 0 Å². The highest BCUT2D eigenvalue weighted by Crippen LogP contribution is 2.21. The molecule has 0 saturated heterocycles. The van der Waals surface area contributed by atoms with E-state index in [0.29, 0.717) is 5.56 Å². The van der Waals surface area contributed by atoms with Crippen molar-refractivity contribution >= 4 is 16.1 Å². The van der Waals surface area contributed by atoms with Gasteiger partial charge in [-0.25, -0.2) is 0 Å². The summed E-state index contributed by atoms with van der Waals surface area (Å²) in [6, 6.07) is 5.27. The Bertz CT molecular complexity index is 687. The molecule has 20 heavy (non-hydrogen) atoms. The lowest BCUT2D eigenvalue weighted by atomic mass is 10.1. The van der Waals surface area contributed by atoms with Crippen LogP contribution in [0.4, 0.5) is 0 Å². The van der Waals surface area contributed by atoms with Crippen LogP contribution < -0.4 is 4.74 Å². The predicted octanol–water partition coefficient (Wildman–Crippen LogP) is 4.15. The van der Waals surface area contributed by atoms with Crippen LogP contribution in [0.1, 0.15) is 15.2 Å². The molecular weight excluding hydrogens is 276 g/mol. The highest BCUT2D eigenvalue weighted by atomic mass is 28.3. The largest absolute Gasteiger partial charge is 0.495 e. The Hall–Kier alpha value is -1.43. The Kier molecular flexibility index (Phi) is 3.91. The third-order valence-electron chi connectivity index (χ3n) is 2.27. The van der Waals surface area contributed by atoms with Crippen molar-refractivity contribution in [3.05, 3.63) is 29.3 Å². The zero-order chi connectivity index (χ0) is 17.9. The van der Waals surface area contributed by atoms with Crippen molar-refractivity contribution in [2.75, 3.05) is 7.04 Å². The molecular formula is C17H24OSi2. The number of methoxy groups -OCH3 is 1. The maximum Gasteiger partial charge on any atom is 0.135 e. The Balaban J connectivity index is 3.47. The van der Waals surface area contributed by atoms with E-state index in [0.717, 1.165) is 5.56 Å². The topological polar surface area (TPSA) is 9.23 Å². The van der Waals surface area contributed by atoms with Gasteiger partial charge in [-0.15, -0.1) is 11.1 Å². The molecule has 0 aromatic heterocycles. The maximum absolute atomic E-state index is 7.34. The number of benzene rings is 1. The van der Waals surface area contributed by atoms with Crippen LogP contribution in [0.3, 0.4) is 0 Å². The quantitative estimate of drug-likeness (QED) is 0.559. The molecule has 0 amide bonds. The van der Waals surface area contributed by atoms with Crippen molar-refractivity contribution < 1.29 is 8.85 Å². The second-order valence-corrected chi connectivity index (χ2v) is 16.3. The maximum atomic E-state index is 7.34. The number of rotatable bonds is 1. The molecule has 0 atom stereocenters. The summed E-state index contributed by atoms with van der Waals surface area (Å²) in [4.78, 5) is 0. The summed E-state index contributed by atoms with van der Waals surface area (Å²) in [5.74, 6) is 6.58. The van der Waals surface area contributed by atoms with E-state index in [2.05, 4.69) is 62.2 Å². The number of hydrogen-bond acceptors (Lipinski definition) is 1. The van der Waals surface area contributed by atoms with E-state index >= 15 is 0 Å². The lowest BCUT2D eigenvalue weighted by Crippen LogP contribution is -2.17. The summed E-state index contributed by atoms with van der Waals surface area (Å²) in [7, 11) is -5.64. The molecule has 1 aromatic rings. The molecule has 0 aliphatic rings. The van der Waals surface area contributed by atoms with Gasteiger partial charge in [-0.2, -0.15) is 0 Å². The van der Waals surface area contributed by atoms with Crippen molar-refractivity contribution in [2.45, 2.75) is 39.3 Å². The normalized spacial score (nSPS) is 13.8. The first-order valence-corrected chi connectivity index (χ1v) is 13.7. The minimum atomic E-state index is -2.50. The predicted molar refractivity (Wildman–Crippen MR) is 93.4 cm³/mol. The lowest BCUT2D eigenvalue weighted by molar-refractivity contribution is 0.413. The Morgan fingerprint density at radius 1 is 0.950 bits per heavy atom. The van der Waals surface area contributed by atoms with E-state index in [-0.39, 0.29) is 5.75 Å². The molecule has 0 aliphatic carbocycles. The van der Waals surface area contributed by atoms with Gasteiger partial charge in [-0.3, -0.25) is 0 Å². The molecule has 106 valence electrons. The van der Waals surface area contributed by atoms with Crippen molar-refractivity contribution in [3.8, 4) is 28.7 Å². The molecule has 0 radical (unpaired) electrons. The fraction of sp³-hybridized carbons (Fsp3) is 0.412. The number of ether oxygens (including phenoxy) is 1. The molecule has 3 heteroatoms. The zero-order valence-electron chi connectivity index (χ0n) is 16.1. The monoisotopic (exact) mass is 303 g/mol. The van der Waals surface area contributed by atoms with Crippen LogP contribution in [0.5, 0.6) is 5.75 Å². The van der Waals surface area contributed by atoms with Gasteiger partial charge in [0.25, 0.3) is 0 Å². The van der Waals surface area contributed by atoms with Crippen LogP contribution in [-0.2, 0) is 0 Å². The molecule has 1 aromatic carbocycles. The molecule has 1 nitrogen and oxygen atoms in total. The summed E-state index contributed by atoms with van der Waals surface area (Å²) in [5.41, 5.74) is 7.89. The van der Waals surface area contributed by atoms with Gasteiger partial charge in [0.15, 0.2) is 0 Å². The Morgan fingerprint density at radius 3 is 2.10 bits per heavy atom. The van der Waals surface area contributed by atoms with Gasteiger partial charge in [-0.1, -0.05) is 57.2 Å². The van der Waals surface area contributed by atoms with Gasteiger partial charge < -0.3 is 4.74 Å². The molecule has 0 unspecified atom stereocenters. The zero-order valence-corrected chi connectivity index (χ0v) is 15.1. The van der Waals surface area contributed by atoms with Gasteiger partial charge in [0.05, 0.1) is 16.7 Å². The van der Waals surface area contributed by atoms with Gasteiger partial charge in [0.1, 0.15) is 21.9 Å². The van der Waals surface area contributed by atoms with Crippen LogP contribution in [0, 0.1) is 22.9 Å². The van der Waals surface area contributed by atoms with E-state index in [1.54, 1.807) is 12.1 Å². The summed E-state index contributed by atoms with van der Waals surface area (Å²) in [5, 5.41) is 0. The fourth-order valence-corrected chi connectivity index (χ4v) is 2.36. The van der Waals surface area contributed by atoms with Crippen LogP contribution in [-0.4, -0.2) is 23.2 Å².